The van der Waals surface area contributed by atoms with Gasteiger partial charge < -0.3 is 14.5 Å². The standard InChI is InChI=1S/C26H34FN5O2/c1-5-19(6-2)24-22-11-12-23(28-25(22)32(29-24)21-9-7-20(27)8-10-21)30-13-15-31(16-14-30)26(33)34-17-18(3)4/h7-12,18-19H,5-6,13-17H2,1-4H3/i11D. The normalized spacial score (nSPS) is 14.9. The number of carbonyl (C=O) groups is 1. The van der Waals surface area contributed by atoms with Crippen molar-refractivity contribution in [2.24, 2.45) is 5.92 Å². The largest absolute Gasteiger partial charge is 0.449 e. The maximum Gasteiger partial charge on any atom is 0.409 e. The van der Waals surface area contributed by atoms with Gasteiger partial charge in [0.1, 0.15) is 11.6 Å². The van der Waals surface area contributed by atoms with Crippen molar-refractivity contribution in [3.05, 3.63) is 47.9 Å². The van der Waals surface area contributed by atoms with Crippen molar-refractivity contribution in [2.75, 3.05) is 37.7 Å². The van der Waals surface area contributed by atoms with Crippen LogP contribution in [0.1, 0.15) is 53.5 Å². The van der Waals surface area contributed by atoms with E-state index in [-0.39, 0.29) is 17.8 Å². The number of aromatic nitrogens is 3. The van der Waals surface area contributed by atoms with Crippen LogP contribution >= 0.6 is 0 Å². The minimum absolute atomic E-state index is 0.205. The zero-order valence-electron chi connectivity index (χ0n) is 21.4. The second-order valence-electron chi connectivity index (χ2n) is 9.19. The molecule has 0 spiro atoms. The second-order valence-corrected chi connectivity index (χ2v) is 9.19. The zero-order valence-corrected chi connectivity index (χ0v) is 20.4. The summed E-state index contributed by atoms with van der Waals surface area (Å²) < 4.78 is 29.5. The molecule has 7 nitrogen and oxygen atoms in total. The van der Waals surface area contributed by atoms with Crippen molar-refractivity contribution in [3.8, 4) is 5.69 Å². The monoisotopic (exact) mass is 468 g/mol. The smallest absolute Gasteiger partial charge is 0.409 e. The Hall–Kier alpha value is -3.16. The molecule has 0 bridgehead atoms. The van der Waals surface area contributed by atoms with Gasteiger partial charge in [0.05, 0.1) is 19.4 Å². The van der Waals surface area contributed by atoms with Crippen LogP contribution in [0.3, 0.4) is 0 Å². The highest BCUT2D eigenvalue weighted by Gasteiger charge is 2.25. The molecule has 1 amide bonds. The fourth-order valence-electron chi connectivity index (χ4n) is 4.28. The van der Waals surface area contributed by atoms with E-state index in [1.54, 1.807) is 27.8 Å². The highest BCUT2D eigenvalue weighted by Crippen LogP contribution is 2.32. The van der Waals surface area contributed by atoms with Gasteiger partial charge in [-0.05, 0) is 55.1 Å². The van der Waals surface area contributed by atoms with Crippen molar-refractivity contribution in [1.82, 2.24) is 19.7 Å². The average Bonchev–Trinajstić information content (AvgIpc) is 3.24. The number of pyridine rings is 1. The van der Waals surface area contributed by atoms with Gasteiger partial charge in [-0.25, -0.2) is 18.9 Å². The van der Waals surface area contributed by atoms with E-state index in [1.807, 2.05) is 13.8 Å². The fraction of sp³-hybridized carbons (Fsp3) is 0.500. The highest BCUT2D eigenvalue weighted by atomic mass is 19.1. The summed E-state index contributed by atoms with van der Waals surface area (Å²) in [7, 11) is 0. The van der Waals surface area contributed by atoms with Crippen LogP contribution in [0.4, 0.5) is 15.0 Å². The van der Waals surface area contributed by atoms with Gasteiger partial charge in [0.2, 0.25) is 0 Å². The lowest BCUT2D eigenvalue weighted by atomic mass is 9.97. The molecule has 0 unspecified atom stereocenters. The van der Waals surface area contributed by atoms with E-state index < -0.39 is 0 Å². The number of fused-ring (bicyclic) bond motifs is 1. The molecule has 182 valence electrons. The number of hydrogen-bond acceptors (Lipinski definition) is 5. The predicted molar refractivity (Wildman–Crippen MR) is 132 cm³/mol. The van der Waals surface area contributed by atoms with Gasteiger partial charge in [0.15, 0.2) is 5.65 Å². The van der Waals surface area contributed by atoms with Crippen LogP contribution in [-0.2, 0) is 4.74 Å². The molecule has 1 aromatic carbocycles. The van der Waals surface area contributed by atoms with E-state index in [2.05, 4.69) is 18.7 Å². The molecule has 0 saturated carbocycles. The van der Waals surface area contributed by atoms with Gasteiger partial charge in [0, 0.05) is 37.5 Å². The molecule has 4 rings (SSSR count). The van der Waals surface area contributed by atoms with Gasteiger partial charge in [-0.15, -0.1) is 0 Å². The Balaban J connectivity index is 1.66. The summed E-state index contributed by atoms with van der Waals surface area (Å²) in [5, 5.41) is 5.61. The van der Waals surface area contributed by atoms with Crippen molar-refractivity contribution < 1.29 is 15.3 Å². The third-order valence-electron chi connectivity index (χ3n) is 6.30. The molecule has 0 aliphatic carbocycles. The molecular weight excluding hydrogens is 433 g/mol. The molecule has 8 heteroatoms. The van der Waals surface area contributed by atoms with E-state index in [1.165, 1.54) is 12.1 Å². The van der Waals surface area contributed by atoms with Crippen LogP contribution in [0.5, 0.6) is 0 Å². The molecule has 1 fully saturated rings. The van der Waals surface area contributed by atoms with Gasteiger partial charge in [-0.2, -0.15) is 5.10 Å². The summed E-state index contributed by atoms with van der Waals surface area (Å²) >= 11 is 0. The van der Waals surface area contributed by atoms with Gasteiger partial charge in [-0.1, -0.05) is 27.7 Å². The molecule has 0 atom stereocenters. The van der Waals surface area contributed by atoms with E-state index in [0.717, 1.165) is 23.9 Å². The zero-order chi connectivity index (χ0) is 25.1. The van der Waals surface area contributed by atoms with Crippen LogP contribution in [0.15, 0.2) is 36.4 Å². The number of rotatable bonds is 7. The van der Waals surface area contributed by atoms with Crippen LogP contribution in [0, 0.1) is 11.7 Å². The van der Waals surface area contributed by atoms with Crippen molar-refractivity contribution in [3.63, 3.8) is 0 Å². The first-order valence-corrected chi connectivity index (χ1v) is 12.1. The number of hydrogen-bond donors (Lipinski definition) is 0. The minimum atomic E-state index is -0.315. The molecule has 2 aromatic heterocycles. The lowest BCUT2D eigenvalue weighted by Crippen LogP contribution is -2.49. The summed E-state index contributed by atoms with van der Waals surface area (Å²) in [6.07, 6.45) is 1.52. The number of nitrogens with zero attached hydrogens (tertiary/aromatic N) is 5. The number of halogens is 1. The van der Waals surface area contributed by atoms with E-state index in [4.69, 9.17) is 16.2 Å². The fourth-order valence-corrected chi connectivity index (χ4v) is 4.28. The third kappa shape index (κ3) is 5.00. The molecular formula is C26H34FN5O2. The minimum Gasteiger partial charge on any atom is -0.449 e. The van der Waals surface area contributed by atoms with Gasteiger partial charge in [0.25, 0.3) is 0 Å². The number of anilines is 1. The summed E-state index contributed by atoms with van der Waals surface area (Å²) in [5.74, 6) is 0.862. The van der Waals surface area contributed by atoms with Crippen LogP contribution in [0.2, 0.25) is 0 Å². The van der Waals surface area contributed by atoms with Crippen LogP contribution < -0.4 is 4.90 Å². The Morgan fingerprint density at radius 2 is 1.79 bits per heavy atom. The second kappa shape index (κ2) is 10.4. The van der Waals surface area contributed by atoms with Crippen molar-refractivity contribution in [2.45, 2.75) is 46.5 Å². The first-order valence-electron chi connectivity index (χ1n) is 12.6. The summed E-state index contributed by atoms with van der Waals surface area (Å²) in [4.78, 5) is 21.1. The van der Waals surface area contributed by atoms with Gasteiger partial charge >= 0.3 is 6.09 Å². The molecule has 0 radical (unpaired) electrons. The SMILES string of the molecule is [2H]c1cc(N2CCN(C(=O)OCC(C)C)CC2)nc2c1c(C(CC)CC)nn2-c1ccc(F)cc1. The molecule has 0 N–H and O–H groups in total. The van der Waals surface area contributed by atoms with E-state index >= 15 is 0 Å². The number of benzene rings is 1. The van der Waals surface area contributed by atoms with Crippen molar-refractivity contribution >= 4 is 22.9 Å². The predicted octanol–water partition coefficient (Wildman–Crippen LogP) is 5.38. The lowest BCUT2D eigenvalue weighted by molar-refractivity contribution is 0.0901. The van der Waals surface area contributed by atoms with Crippen LogP contribution in [0.25, 0.3) is 16.7 Å². The molecule has 1 aliphatic heterocycles. The Bertz CT molecular complexity index is 1170. The number of ether oxygens (including phenoxy) is 1. The van der Waals surface area contributed by atoms with Gasteiger partial charge in [-0.3, -0.25) is 0 Å². The third-order valence-corrected chi connectivity index (χ3v) is 6.30. The molecule has 3 heterocycles. The Labute approximate surface area is 201 Å². The number of piperazine rings is 1. The maximum absolute atomic E-state index is 13.6. The first-order chi connectivity index (χ1) is 16.8. The number of amides is 1. The lowest BCUT2D eigenvalue weighted by Gasteiger charge is -2.34. The first kappa shape index (κ1) is 22.6. The van der Waals surface area contributed by atoms with E-state index in [0.29, 0.717) is 61.9 Å². The Morgan fingerprint density at radius 1 is 1.12 bits per heavy atom. The Kier molecular flexibility index (Phi) is 6.92. The molecule has 3 aromatic rings. The van der Waals surface area contributed by atoms with Crippen molar-refractivity contribution in [1.29, 1.82) is 0 Å². The summed E-state index contributed by atoms with van der Waals surface area (Å²) in [6, 6.07) is 8.33. The topological polar surface area (TPSA) is 63.5 Å². The quantitative estimate of drug-likeness (QED) is 0.466. The molecule has 34 heavy (non-hydrogen) atoms. The molecule has 1 aliphatic rings. The summed E-state index contributed by atoms with van der Waals surface area (Å²) in [5.41, 5.74) is 2.16. The average molecular weight is 469 g/mol. The number of carbonyl (C=O) groups excluding carboxylic acids is 1. The molecule has 1 saturated heterocycles. The van der Waals surface area contributed by atoms with Crippen LogP contribution in [-0.4, -0.2) is 58.5 Å². The summed E-state index contributed by atoms with van der Waals surface area (Å²) in [6.45, 7) is 10.9. The highest BCUT2D eigenvalue weighted by molar-refractivity contribution is 5.82. The Morgan fingerprint density at radius 3 is 2.41 bits per heavy atom. The van der Waals surface area contributed by atoms with E-state index in [9.17, 15) is 9.18 Å². The maximum atomic E-state index is 13.6.